The van der Waals surface area contributed by atoms with Crippen molar-refractivity contribution in [3.8, 4) is 0 Å². The van der Waals surface area contributed by atoms with Gasteiger partial charge in [-0.1, -0.05) is 129 Å². The van der Waals surface area contributed by atoms with Crippen molar-refractivity contribution in [1.82, 2.24) is 5.32 Å². The van der Waals surface area contributed by atoms with E-state index in [-0.39, 0.29) is 31.8 Å². The van der Waals surface area contributed by atoms with E-state index in [0.29, 0.717) is 5.56 Å². The minimum absolute atomic E-state index is 0.145. The summed E-state index contributed by atoms with van der Waals surface area (Å²) in [7, 11) is 0. The summed E-state index contributed by atoms with van der Waals surface area (Å²) in [5, 5.41) is 146. The number of rotatable bonds is 9. The number of aliphatic hydroxyl groups excluding tert-OH is 11. The van der Waals surface area contributed by atoms with Gasteiger partial charge in [0.15, 0.2) is 24.2 Å². The van der Waals surface area contributed by atoms with E-state index in [0.717, 1.165) is 0 Å². The first-order valence-electron chi connectivity index (χ1n) is 28.3. The number of ketones is 1. The molecule has 1 aromatic rings. The largest absolute Gasteiger partial charge is 0.481 e. The summed E-state index contributed by atoms with van der Waals surface area (Å²) in [6.07, 6.45) is -4.73. The molecule has 23 nitrogen and oxygen atoms in total. The van der Waals surface area contributed by atoms with Crippen LogP contribution in [0.15, 0.2) is 115 Å². The van der Waals surface area contributed by atoms with E-state index in [4.69, 9.17) is 28.4 Å². The summed E-state index contributed by atoms with van der Waals surface area (Å²) in [6, 6.07) is 7.32. The van der Waals surface area contributed by atoms with Crippen molar-refractivity contribution >= 4 is 17.7 Å². The first kappa shape index (κ1) is 69.1. The van der Waals surface area contributed by atoms with Crippen molar-refractivity contribution in [2.24, 2.45) is 17.8 Å². The van der Waals surface area contributed by atoms with Crippen LogP contribution < -0.4 is 5.32 Å². The highest BCUT2D eigenvalue weighted by Crippen LogP contribution is 2.38. The van der Waals surface area contributed by atoms with E-state index in [1.165, 1.54) is 19.1 Å². The van der Waals surface area contributed by atoms with Crippen LogP contribution in [0, 0.1) is 17.8 Å². The van der Waals surface area contributed by atoms with Crippen LogP contribution in [0.3, 0.4) is 0 Å². The normalized spacial score (nSPS) is 42.3. The first-order chi connectivity index (χ1) is 39.4. The van der Waals surface area contributed by atoms with Crippen LogP contribution in [0.5, 0.6) is 0 Å². The van der Waals surface area contributed by atoms with Gasteiger partial charge in [0.1, 0.15) is 36.4 Å². The van der Waals surface area contributed by atoms with Gasteiger partial charge in [-0.25, -0.2) is 0 Å². The second-order valence-corrected chi connectivity index (χ2v) is 22.1. The highest BCUT2D eigenvalue weighted by Gasteiger charge is 2.51. The first-order valence-corrected chi connectivity index (χ1v) is 28.3. The van der Waals surface area contributed by atoms with Crippen molar-refractivity contribution in [3.63, 3.8) is 0 Å². The number of carbonyl (C=O) groups excluding carboxylic acids is 2. The van der Waals surface area contributed by atoms with Crippen LogP contribution in [0.4, 0.5) is 0 Å². The van der Waals surface area contributed by atoms with Crippen LogP contribution in [0.1, 0.15) is 90.9 Å². The van der Waals surface area contributed by atoms with Crippen molar-refractivity contribution in [1.29, 1.82) is 0 Å². The predicted molar refractivity (Wildman–Crippen MR) is 298 cm³/mol. The molecule has 464 valence electrons. The second-order valence-electron chi connectivity index (χ2n) is 22.1. The molecule has 23 heteroatoms. The summed E-state index contributed by atoms with van der Waals surface area (Å²) in [5.74, 6) is -8.04. The number of carboxylic acid groups (broad SMARTS) is 1. The Labute approximate surface area is 483 Å². The number of aliphatic carboxylic acids is 1. The van der Waals surface area contributed by atoms with Crippen LogP contribution in [-0.4, -0.2) is 213 Å². The third kappa shape index (κ3) is 21.6. The fraction of sp³-hybridized carbons (Fsp3) is 0.617. The molecule has 0 spiro atoms. The second kappa shape index (κ2) is 33.8. The van der Waals surface area contributed by atoms with Gasteiger partial charge in [0, 0.05) is 43.1 Å². The Kier molecular flexibility index (Phi) is 28.2. The Morgan fingerprint density at radius 1 is 0.675 bits per heavy atom. The lowest BCUT2D eigenvalue weighted by Gasteiger charge is -2.45. The third-order valence-corrected chi connectivity index (χ3v) is 15.3. The number of hydrogen-bond acceptors (Lipinski definition) is 22. The standard InChI is InChI=1S/C60H87NO22/c1-34-20-16-13-11-9-7-5-6-8-10-12-14-19-23-42(81-59-55(74)51(53(72)37(4)80-59)61-32-46(68)54(73)56-47(69)33-78-58(82-56)38-21-17-15-18-22-38)29-48-50(57(75)76)45(67)31-60(77,83-48)30-41(64)27-44(66)43(65)25-24-39(62)26-40(63)28-49(70)79-36(3)35(2)52(34)71/h5-23,34-37,39-45,47-48,50-56,58-59,61-67,69,71-74,77H,24-33H2,1-4H3,(H,75,76)/b6-5+,9-7+,10-8+,13-11+,14-12+,20-16+,23-19+/t34-,35-,36-,37+,39+,40+,41-,42-,43+,44+,45-,47?,48+,50+,51-,52+,53+,54?,55-,56?,58?,59-,60+/m0/s1. The zero-order chi connectivity index (χ0) is 61.0. The molecule has 2 bridgehead atoms. The lowest BCUT2D eigenvalue weighted by atomic mass is 9.82. The molecule has 4 unspecified atom stereocenters. The maximum atomic E-state index is 13.4. The molecule has 0 aromatic heterocycles. The Morgan fingerprint density at radius 2 is 1.29 bits per heavy atom. The van der Waals surface area contributed by atoms with Crippen LogP contribution >= 0.6 is 0 Å². The Hall–Kier alpha value is -4.71. The minimum atomic E-state index is -2.42. The number of ether oxygens (including phenoxy) is 6. The molecule has 3 fully saturated rings. The number of Topliss-reactive ketones (excluding diaryl/α,β-unsaturated/α-hetero) is 1. The van der Waals surface area contributed by atoms with Crippen LogP contribution in [0.25, 0.3) is 0 Å². The van der Waals surface area contributed by atoms with Gasteiger partial charge in [-0.05, 0) is 33.1 Å². The van der Waals surface area contributed by atoms with E-state index in [2.05, 4.69) is 5.32 Å². The Morgan fingerprint density at radius 3 is 1.92 bits per heavy atom. The lowest BCUT2D eigenvalue weighted by Crippen LogP contribution is -2.64. The lowest BCUT2D eigenvalue weighted by molar-refractivity contribution is -0.309. The third-order valence-electron chi connectivity index (χ3n) is 15.3. The summed E-state index contributed by atoms with van der Waals surface area (Å²) in [4.78, 5) is 38.9. The monoisotopic (exact) mass is 1170 g/mol. The van der Waals surface area contributed by atoms with E-state index in [1.54, 1.807) is 117 Å². The number of esters is 1. The van der Waals surface area contributed by atoms with E-state index >= 15 is 0 Å². The highest BCUT2D eigenvalue weighted by molar-refractivity contribution is 5.85. The SMILES string of the molecule is C[C@@H]1[C@H](O)[C@@H](C)/C=C/C=C/C=C/C=C/C=C/C=C/C=C/[C@H](O[C@@H]2O[C@H](C)[C@@H](O)[C@H](NCC(=O)C(O)C3OC(c4ccccc4)OCC3O)[C@@H]2O)C[C@H]2O[C@](O)(C[C@@H](O)C[C@@H](O)[C@H](O)CC[C@@H](O)C[C@@H](O)CC(=O)O[C@H]1C)C[C@H](O)[C@H]2C(=O)O. The van der Waals surface area contributed by atoms with Gasteiger partial charge in [-0.2, -0.15) is 0 Å². The van der Waals surface area contributed by atoms with E-state index in [9.17, 15) is 80.8 Å². The van der Waals surface area contributed by atoms with Gasteiger partial charge >= 0.3 is 11.9 Å². The zero-order valence-corrected chi connectivity index (χ0v) is 47.2. The number of allylic oxidation sites excluding steroid dienone is 12. The van der Waals surface area contributed by atoms with Gasteiger partial charge in [-0.15, -0.1) is 0 Å². The topological polar surface area (TPSA) is 382 Å². The maximum Gasteiger partial charge on any atom is 0.311 e. The molecule has 4 heterocycles. The van der Waals surface area contributed by atoms with Crippen molar-refractivity contribution < 1.29 is 109 Å². The molecule has 0 saturated carbocycles. The Balaban J connectivity index is 1.35. The van der Waals surface area contributed by atoms with Crippen molar-refractivity contribution in [2.45, 2.75) is 201 Å². The Bertz CT molecular complexity index is 2360. The summed E-state index contributed by atoms with van der Waals surface area (Å²) < 4.78 is 35.0. The molecule has 3 saturated heterocycles. The van der Waals surface area contributed by atoms with Gasteiger partial charge in [0.2, 0.25) is 0 Å². The molecule has 4 aliphatic rings. The molecule has 4 aliphatic heterocycles. The molecule has 0 aliphatic carbocycles. The van der Waals surface area contributed by atoms with Gasteiger partial charge < -0.3 is 100 Å². The molecule has 0 radical (unpaired) electrons. The molecule has 0 amide bonds. The highest BCUT2D eigenvalue weighted by atomic mass is 16.7. The number of cyclic esters (lactones) is 1. The molecular weight excluding hydrogens is 1090 g/mol. The van der Waals surface area contributed by atoms with Crippen molar-refractivity contribution in [2.75, 3.05) is 13.2 Å². The predicted octanol–water partition coefficient (Wildman–Crippen LogP) is 0.748. The fourth-order valence-electron chi connectivity index (χ4n) is 10.3. The average molecular weight is 1170 g/mol. The summed E-state index contributed by atoms with van der Waals surface area (Å²) in [6.45, 7) is 5.75. The quantitative estimate of drug-likeness (QED) is 0.152. The van der Waals surface area contributed by atoms with E-state index in [1.807, 2.05) is 6.92 Å². The van der Waals surface area contributed by atoms with E-state index < -0.39 is 190 Å². The number of hydrogen-bond donors (Lipinski definition) is 14. The molecule has 5 rings (SSSR count). The maximum absolute atomic E-state index is 13.4. The number of aliphatic hydroxyl groups is 12. The number of carbonyl (C=O) groups is 3. The van der Waals surface area contributed by atoms with Gasteiger partial charge in [-0.3, -0.25) is 14.4 Å². The molecule has 1 aromatic carbocycles. The number of fused-ring (bicyclic) bond motifs is 2. The number of nitrogens with one attached hydrogen (secondary N) is 1. The molecule has 14 N–H and O–H groups in total. The van der Waals surface area contributed by atoms with Crippen LogP contribution in [-0.2, 0) is 42.8 Å². The number of benzene rings is 1. The fourth-order valence-corrected chi connectivity index (χ4v) is 10.3. The molecule has 83 heavy (non-hydrogen) atoms. The zero-order valence-electron chi connectivity index (χ0n) is 47.2. The van der Waals surface area contributed by atoms with Crippen LogP contribution in [0.2, 0.25) is 0 Å². The smallest absolute Gasteiger partial charge is 0.311 e. The summed E-state index contributed by atoms with van der Waals surface area (Å²) in [5.41, 5.74) is 0.582. The number of carboxylic acids is 1. The molecular formula is C60H87NO22. The summed E-state index contributed by atoms with van der Waals surface area (Å²) >= 11 is 0. The van der Waals surface area contributed by atoms with Crippen molar-refractivity contribution in [3.05, 3.63) is 121 Å². The minimum Gasteiger partial charge on any atom is -0.481 e. The molecule has 23 atom stereocenters. The van der Waals surface area contributed by atoms with Gasteiger partial charge in [0.25, 0.3) is 0 Å². The average Bonchev–Trinajstić information content (AvgIpc) is 3.55. The van der Waals surface area contributed by atoms with Gasteiger partial charge in [0.05, 0.1) is 92.8 Å².